The average molecular weight is 588 g/mol. The van der Waals surface area contributed by atoms with Gasteiger partial charge in [0.15, 0.2) is 0 Å². The van der Waals surface area contributed by atoms with Crippen molar-refractivity contribution >= 4 is 52.3 Å². The van der Waals surface area contributed by atoms with Crippen molar-refractivity contribution in [3.8, 4) is 11.4 Å². The third-order valence-corrected chi connectivity index (χ3v) is 7.28. The number of imidazole rings is 1. The summed E-state index contributed by atoms with van der Waals surface area (Å²) >= 11 is 6.06. The third-order valence-electron chi connectivity index (χ3n) is 7.05. The fourth-order valence-electron chi connectivity index (χ4n) is 5.03. The molecule has 6 N–H and O–H groups in total. The second-order valence-electron chi connectivity index (χ2n) is 9.78. The van der Waals surface area contributed by atoms with Gasteiger partial charge in [-0.1, -0.05) is 23.7 Å². The van der Waals surface area contributed by atoms with Crippen LogP contribution in [0, 0.1) is 6.92 Å². The van der Waals surface area contributed by atoms with Crippen LogP contribution in [-0.4, -0.2) is 63.4 Å². The van der Waals surface area contributed by atoms with Gasteiger partial charge in [0.1, 0.15) is 18.0 Å². The number of carbonyl (C=O) groups is 1. The van der Waals surface area contributed by atoms with Crippen LogP contribution >= 0.6 is 24.0 Å². The van der Waals surface area contributed by atoms with Crippen molar-refractivity contribution in [2.45, 2.75) is 31.9 Å². The number of amides is 1. The lowest BCUT2D eigenvalue weighted by atomic mass is 10.0. The number of aliphatic hydroxyl groups is 2. The number of benzene rings is 2. The lowest BCUT2D eigenvalue weighted by Gasteiger charge is -2.34. The number of aliphatic hydroxyl groups excluding tert-OH is 2. The fourth-order valence-corrected chi connectivity index (χ4v) is 5.23. The van der Waals surface area contributed by atoms with Gasteiger partial charge < -0.3 is 35.7 Å². The Morgan fingerprint density at radius 1 is 1.23 bits per heavy atom. The van der Waals surface area contributed by atoms with Crippen LogP contribution in [-0.2, 0) is 4.79 Å². The Kier molecular flexibility index (Phi) is 9.36. The smallest absolute Gasteiger partial charge is 0.261 e. The summed E-state index contributed by atoms with van der Waals surface area (Å²) in [6.07, 6.45) is 2.30. The highest BCUT2D eigenvalue weighted by molar-refractivity contribution is 6.30. The molecule has 10 nitrogen and oxygen atoms in total. The van der Waals surface area contributed by atoms with Crippen molar-refractivity contribution in [1.29, 1.82) is 0 Å². The number of halogens is 2. The monoisotopic (exact) mass is 586 g/mol. The first-order valence-electron chi connectivity index (χ1n) is 12.9. The number of nitrogens with zero attached hydrogens (tertiary/aromatic N) is 2. The zero-order valence-corrected chi connectivity index (χ0v) is 23.5. The van der Waals surface area contributed by atoms with Crippen molar-refractivity contribution in [2.75, 3.05) is 36.5 Å². The number of piperidine rings is 1. The topological polar surface area (TPSA) is 146 Å². The number of carbonyl (C=O) groups excluding carboxylic acids is 1. The van der Waals surface area contributed by atoms with Gasteiger partial charge in [-0.2, -0.15) is 0 Å². The van der Waals surface area contributed by atoms with E-state index in [9.17, 15) is 14.7 Å². The van der Waals surface area contributed by atoms with Gasteiger partial charge in [0.2, 0.25) is 5.91 Å². The van der Waals surface area contributed by atoms with E-state index in [2.05, 4.69) is 31.6 Å². The van der Waals surface area contributed by atoms with Gasteiger partial charge >= 0.3 is 0 Å². The Morgan fingerprint density at radius 2 is 2.00 bits per heavy atom. The second-order valence-corrected chi connectivity index (χ2v) is 10.2. The Bertz CT molecular complexity index is 1550. The number of pyridine rings is 1. The normalized spacial score (nSPS) is 14.6. The van der Waals surface area contributed by atoms with E-state index in [-0.39, 0.29) is 36.5 Å². The Morgan fingerprint density at radius 3 is 2.73 bits per heavy atom. The van der Waals surface area contributed by atoms with Crippen LogP contribution in [0.25, 0.3) is 22.4 Å². The van der Waals surface area contributed by atoms with Crippen molar-refractivity contribution < 1.29 is 15.0 Å². The number of aryl methyl sites for hydroxylation is 1. The molecule has 1 amide bonds. The van der Waals surface area contributed by atoms with E-state index >= 15 is 0 Å². The van der Waals surface area contributed by atoms with Crippen molar-refractivity contribution in [3.05, 3.63) is 75.2 Å². The van der Waals surface area contributed by atoms with Crippen LogP contribution in [0.1, 0.15) is 30.1 Å². The minimum atomic E-state index is -0.822. The molecule has 5 rings (SSSR count). The van der Waals surface area contributed by atoms with Crippen molar-refractivity contribution in [3.63, 3.8) is 0 Å². The summed E-state index contributed by atoms with van der Waals surface area (Å²) < 4.78 is 0. The van der Waals surface area contributed by atoms with E-state index in [1.165, 1.54) is 0 Å². The molecule has 2 aromatic carbocycles. The standard InChI is InChI=1S/C28H31ClN6O4.ClH/c1-16-11-20(35-9-6-19(7-10-35)32-24(38)15-36)13-22-26(16)34-27(33-22)25-21(5-8-30-28(25)39)31-14-23(37)17-3-2-4-18(29)12-17;/h2-5,8,11-13,19,23,36-37H,6-7,9-10,14-15H2,1H3,(H,32,38)(H,33,34)(H2,30,31,39);1H/t23-;/m1./s1. The average Bonchev–Trinajstić information content (AvgIpc) is 3.36. The van der Waals surface area contributed by atoms with E-state index in [0.29, 0.717) is 27.7 Å². The molecule has 0 saturated carbocycles. The number of H-pyrrole nitrogens is 2. The van der Waals surface area contributed by atoms with Crippen LogP contribution in [0.3, 0.4) is 0 Å². The molecule has 1 aliphatic rings. The molecule has 1 aliphatic heterocycles. The van der Waals surface area contributed by atoms with Gasteiger partial charge in [-0.3, -0.25) is 9.59 Å². The number of anilines is 2. The molecule has 212 valence electrons. The number of aromatic amines is 2. The summed E-state index contributed by atoms with van der Waals surface area (Å²) in [5.74, 6) is 0.0803. The number of nitrogens with one attached hydrogen (secondary N) is 4. The molecule has 0 bridgehead atoms. The number of hydrogen-bond donors (Lipinski definition) is 6. The van der Waals surface area contributed by atoms with Crippen LogP contribution in [0.5, 0.6) is 0 Å². The van der Waals surface area contributed by atoms with Crippen molar-refractivity contribution in [1.82, 2.24) is 20.3 Å². The molecule has 4 aromatic rings. The SMILES string of the molecule is Cc1cc(N2CCC(NC(=O)CO)CC2)cc2[nH]c(-c3c(NC[C@@H](O)c4cccc(Cl)c4)cc[nH]c3=O)nc12.Cl. The summed E-state index contributed by atoms with van der Waals surface area (Å²) in [4.78, 5) is 37.5. The zero-order chi connectivity index (χ0) is 27.5. The minimum absolute atomic E-state index is 0. The van der Waals surface area contributed by atoms with Crippen LogP contribution < -0.4 is 21.1 Å². The Labute approximate surface area is 242 Å². The predicted octanol–water partition coefficient (Wildman–Crippen LogP) is 3.52. The highest BCUT2D eigenvalue weighted by Gasteiger charge is 2.22. The maximum Gasteiger partial charge on any atom is 0.261 e. The molecule has 1 fully saturated rings. The summed E-state index contributed by atoms with van der Waals surface area (Å²) in [7, 11) is 0. The van der Waals surface area contributed by atoms with E-state index < -0.39 is 12.7 Å². The zero-order valence-electron chi connectivity index (χ0n) is 21.9. The number of hydrogen-bond acceptors (Lipinski definition) is 7. The summed E-state index contributed by atoms with van der Waals surface area (Å²) in [5, 5.41) is 26.2. The fraction of sp³-hybridized carbons (Fsp3) is 0.321. The van der Waals surface area contributed by atoms with E-state index in [1.807, 2.05) is 13.0 Å². The number of aromatic nitrogens is 3. The molecule has 3 heterocycles. The van der Waals surface area contributed by atoms with Gasteiger partial charge in [-0.05, 0) is 61.2 Å². The van der Waals surface area contributed by atoms with Crippen LogP contribution in [0.4, 0.5) is 11.4 Å². The highest BCUT2D eigenvalue weighted by atomic mass is 35.5. The number of fused-ring (bicyclic) bond motifs is 1. The first-order valence-corrected chi connectivity index (χ1v) is 13.2. The highest BCUT2D eigenvalue weighted by Crippen LogP contribution is 2.30. The third kappa shape index (κ3) is 6.42. The largest absolute Gasteiger partial charge is 0.387 e. The molecular weight excluding hydrogens is 555 g/mol. The summed E-state index contributed by atoms with van der Waals surface area (Å²) in [6.45, 7) is 3.20. The van der Waals surface area contributed by atoms with E-state index in [4.69, 9.17) is 21.7 Å². The lowest BCUT2D eigenvalue weighted by Crippen LogP contribution is -2.45. The lowest BCUT2D eigenvalue weighted by molar-refractivity contribution is -0.124. The van der Waals surface area contributed by atoms with Gasteiger partial charge in [0.25, 0.3) is 5.56 Å². The first-order chi connectivity index (χ1) is 18.8. The molecule has 0 radical (unpaired) electrons. The first kappa shape index (κ1) is 29.4. The van der Waals surface area contributed by atoms with E-state index in [1.54, 1.807) is 36.5 Å². The van der Waals surface area contributed by atoms with Gasteiger partial charge in [-0.25, -0.2) is 4.98 Å². The van der Waals surface area contributed by atoms with Gasteiger partial charge in [0, 0.05) is 42.6 Å². The Balaban J connectivity index is 0.00000370. The molecule has 12 heteroatoms. The van der Waals surface area contributed by atoms with Gasteiger partial charge in [-0.15, -0.1) is 12.4 Å². The molecule has 40 heavy (non-hydrogen) atoms. The molecule has 0 unspecified atom stereocenters. The molecular formula is C28H32Cl2N6O4. The summed E-state index contributed by atoms with van der Waals surface area (Å²) in [6, 6.07) is 12.9. The molecule has 1 saturated heterocycles. The maximum atomic E-state index is 12.9. The molecule has 0 aliphatic carbocycles. The molecule has 1 atom stereocenters. The van der Waals surface area contributed by atoms with Gasteiger partial charge in [0.05, 0.1) is 22.8 Å². The van der Waals surface area contributed by atoms with Crippen molar-refractivity contribution in [2.24, 2.45) is 0 Å². The quantitative estimate of drug-likeness (QED) is 0.185. The van der Waals surface area contributed by atoms with Crippen LogP contribution in [0.15, 0.2) is 53.5 Å². The predicted molar refractivity (Wildman–Crippen MR) is 160 cm³/mol. The Hall–Kier alpha value is -3.57. The van der Waals surface area contributed by atoms with E-state index in [0.717, 1.165) is 48.2 Å². The molecule has 2 aromatic heterocycles. The maximum absolute atomic E-state index is 12.9. The molecule has 0 spiro atoms. The summed E-state index contributed by atoms with van der Waals surface area (Å²) in [5.41, 5.74) is 4.85. The second kappa shape index (κ2) is 12.7. The minimum Gasteiger partial charge on any atom is -0.387 e. The number of rotatable bonds is 8. The van der Waals surface area contributed by atoms with Crippen LogP contribution in [0.2, 0.25) is 5.02 Å².